The second-order valence-electron chi connectivity index (χ2n) is 3.00. The fraction of sp³-hybridized carbons (Fsp3) is 0.444. The van der Waals surface area contributed by atoms with Crippen molar-refractivity contribution in [3.63, 3.8) is 0 Å². The first kappa shape index (κ1) is 9.42. The molecule has 0 radical (unpaired) electrons. The van der Waals surface area contributed by atoms with Crippen LogP contribution >= 0.6 is 11.3 Å². The Kier molecular flexibility index (Phi) is 3.00. The summed E-state index contributed by atoms with van der Waals surface area (Å²) in [5.74, 6) is 0. The largest absolute Gasteiger partial charge is 0.324 e. The Hall–Kier alpha value is -0.670. The van der Waals surface area contributed by atoms with Crippen molar-refractivity contribution in [2.24, 2.45) is 5.73 Å². The van der Waals surface area contributed by atoms with Gasteiger partial charge in [-0.2, -0.15) is 0 Å². The summed E-state index contributed by atoms with van der Waals surface area (Å²) in [4.78, 5) is 4.32. The lowest BCUT2D eigenvalue weighted by molar-refractivity contribution is 0.867. The van der Waals surface area contributed by atoms with E-state index < -0.39 is 0 Å². The summed E-state index contributed by atoms with van der Waals surface area (Å²) < 4.78 is 0. The first-order valence-electron chi connectivity index (χ1n) is 3.95. The molecule has 1 rings (SSSR count). The number of rotatable bonds is 2. The van der Waals surface area contributed by atoms with Crippen LogP contribution in [0.3, 0.4) is 0 Å². The maximum absolute atomic E-state index is 5.70. The predicted octanol–water partition coefficient (Wildman–Crippen LogP) is 2.20. The van der Waals surface area contributed by atoms with Gasteiger partial charge < -0.3 is 5.73 Å². The second kappa shape index (κ2) is 3.83. The first-order valence-corrected chi connectivity index (χ1v) is 4.83. The molecule has 0 amide bonds. The number of aryl methyl sites for hydroxylation is 1. The number of hydrogen-bond acceptors (Lipinski definition) is 3. The molecule has 1 atom stereocenters. The van der Waals surface area contributed by atoms with Crippen molar-refractivity contribution in [2.45, 2.75) is 26.8 Å². The van der Waals surface area contributed by atoms with Crippen molar-refractivity contribution < 1.29 is 0 Å². The Morgan fingerprint density at radius 2 is 2.42 bits per heavy atom. The fourth-order valence-electron chi connectivity index (χ4n) is 0.765. The Morgan fingerprint density at radius 1 is 1.75 bits per heavy atom. The third-order valence-electron chi connectivity index (χ3n) is 1.71. The average Bonchev–Trinajstić information content (AvgIpc) is 2.35. The van der Waals surface area contributed by atoms with Crippen LogP contribution in [-0.2, 0) is 0 Å². The number of nitrogens with two attached hydrogens (primary N) is 1. The van der Waals surface area contributed by atoms with Gasteiger partial charge in [-0.1, -0.05) is 5.57 Å². The Bertz CT molecular complexity index is 286. The van der Waals surface area contributed by atoms with Crippen molar-refractivity contribution in [2.75, 3.05) is 0 Å². The zero-order valence-electron chi connectivity index (χ0n) is 7.66. The van der Waals surface area contributed by atoms with Gasteiger partial charge >= 0.3 is 0 Å². The molecule has 0 spiro atoms. The monoisotopic (exact) mass is 182 g/mol. The molecule has 0 aliphatic rings. The fourth-order valence-corrected chi connectivity index (χ4v) is 1.56. The van der Waals surface area contributed by atoms with Gasteiger partial charge in [0.25, 0.3) is 0 Å². The van der Waals surface area contributed by atoms with Crippen LogP contribution in [0.5, 0.6) is 0 Å². The van der Waals surface area contributed by atoms with E-state index in [0.29, 0.717) is 0 Å². The van der Waals surface area contributed by atoms with Gasteiger partial charge in [0.15, 0.2) is 0 Å². The molecular weight excluding hydrogens is 168 g/mol. The van der Waals surface area contributed by atoms with Crippen molar-refractivity contribution in [3.8, 4) is 0 Å². The molecule has 0 fully saturated rings. The minimum Gasteiger partial charge on any atom is -0.324 e. The molecule has 1 aromatic rings. The molecule has 66 valence electrons. The second-order valence-corrected chi connectivity index (χ2v) is 3.89. The van der Waals surface area contributed by atoms with Gasteiger partial charge in [-0.3, -0.25) is 0 Å². The lowest BCUT2D eigenvalue weighted by Gasteiger charge is -2.02. The van der Waals surface area contributed by atoms with Gasteiger partial charge in [0.1, 0.15) is 5.01 Å². The molecule has 0 aromatic carbocycles. The van der Waals surface area contributed by atoms with E-state index in [9.17, 15) is 0 Å². The Morgan fingerprint density at radius 3 is 2.83 bits per heavy atom. The van der Waals surface area contributed by atoms with Crippen molar-refractivity contribution >= 4 is 17.4 Å². The van der Waals surface area contributed by atoms with Crippen molar-refractivity contribution in [1.29, 1.82) is 0 Å². The van der Waals surface area contributed by atoms with Gasteiger partial charge in [0.2, 0.25) is 0 Å². The lowest BCUT2D eigenvalue weighted by Crippen LogP contribution is -2.15. The van der Waals surface area contributed by atoms with Gasteiger partial charge in [-0.05, 0) is 26.8 Å². The third kappa shape index (κ3) is 2.43. The normalized spacial score (nSPS) is 14.8. The maximum Gasteiger partial charge on any atom is 0.116 e. The van der Waals surface area contributed by atoms with Crippen LogP contribution in [0.2, 0.25) is 0 Å². The van der Waals surface area contributed by atoms with Crippen LogP contribution in [-0.4, -0.2) is 11.0 Å². The zero-order chi connectivity index (χ0) is 9.14. The number of hydrogen-bond donors (Lipinski definition) is 1. The van der Waals surface area contributed by atoms with E-state index in [1.54, 1.807) is 11.3 Å². The highest BCUT2D eigenvalue weighted by Gasteiger charge is 1.99. The first-order chi connectivity index (χ1) is 5.59. The Labute approximate surface area is 77.1 Å². The quantitative estimate of drug-likeness (QED) is 0.761. The van der Waals surface area contributed by atoms with Gasteiger partial charge in [-0.25, -0.2) is 4.98 Å². The summed E-state index contributed by atoms with van der Waals surface area (Å²) in [5.41, 5.74) is 7.94. The zero-order valence-corrected chi connectivity index (χ0v) is 8.48. The standard InChI is InChI=1S/C9H14N2S/c1-6(8(3)10)4-9-11-7(2)5-12-9/h4-5,8H,10H2,1-3H3. The van der Waals surface area contributed by atoms with E-state index in [1.807, 2.05) is 32.2 Å². The molecule has 0 saturated carbocycles. The van der Waals surface area contributed by atoms with Crippen molar-refractivity contribution in [3.05, 3.63) is 21.7 Å². The molecule has 12 heavy (non-hydrogen) atoms. The molecular formula is C9H14N2S. The summed E-state index contributed by atoms with van der Waals surface area (Å²) in [7, 11) is 0. The summed E-state index contributed by atoms with van der Waals surface area (Å²) in [5, 5.41) is 3.09. The highest BCUT2D eigenvalue weighted by molar-refractivity contribution is 7.10. The smallest absolute Gasteiger partial charge is 0.116 e. The summed E-state index contributed by atoms with van der Waals surface area (Å²) >= 11 is 1.65. The minimum atomic E-state index is 0.120. The van der Waals surface area contributed by atoms with Crippen LogP contribution in [0, 0.1) is 6.92 Å². The highest BCUT2D eigenvalue weighted by Crippen LogP contribution is 2.13. The SMILES string of the molecule is CC(=Cc1nc(C)cs1)C(C)N. The highest BCUT2D eigenvalue weighted by atomic mass is 32.1. The Balaban J connectivity index is 2.80. The van der Waals surface area contributed by atoms with Crippen LogP contribution < -0.4 is 5.73 Å². The van der Waals surface area contributed by atoms with E-state index in [0.717, 1.165) is 10.7 Å². The average molecular weight is 182 g/mol. The number of nitrogens with zero attached hydrogens (tertiary/aromatic N) is 1. The maximum atomic E-state index is 5.70. The molecule has 2 N–H and O–H groups in total. The molecule has 0 bridgehead atoms. The molecule has 3 heteroatoms. The van der Waals surface area contributed by atoms with Crippen LogP contribution in [0.25, 0.3) is 6.08 Å². The molecule has 0 aliphatic heterocycles. The molecule has 2 nitrogen and oxygen atoms in total. The summed E-state index contributed by atoms with van der Waals surface area (Å²) in [6.07, 6.45) is 2.04. The van der Waals surface area contributed by atoms with Crippen LogP contribution in [0.1, 0.15) is 24.5 Å². The van der Waals surface area contributed by atoms with Gasteiger partial charge in [0.05, 0.1) is 0 Å². The van der Waals surface area contributed by atoms with E-state index in [4.69, 9.17) is 5.73 Å². The molecule has 0 aliphatic carbocycles. The summed E-state index contributed by atoms with van der Waals surface area (Å²) in [6.45, 7) is 6.00. The summed E-state index contributed by atoms with van der Waals surface area (Å²) in [6, 6.07) is 0.120. The van der Waals surface area contributed by atoms with E-state index in [-0.39, 0.29) is 6.04 Å². The molecule has 1 unspecified atom stereocenters. The number of aromatic nitrogens is 1. The van der Waals surface area contributed by atoms with E-state index in [1.165, 1.54) is 5.57 Å². The number of thiazole rings is 1. The minimum absolute atomic E-state index is 0.120. The predicted molar refractivity (Wildman–Crippen MR) is 54.2 cm³/mol. The van der Waals surface area contributed by atoms with Crippen LogP contribution in [0.15, 0.2) is 11.0 Å². The molecule has 1 aromatic heterocycles. The van der Waals surface area contributed by atoms with E-state index in [2.05, 4.69) is 4.98 Å². The van der Waals surface area contributed by atoms with Crippen molar-refractivity contribution in [1.82, 2.24) is 4.98 Å². The molecule has 1 heterocycles. The third-order valence-corrected chi connectivity index (χ3v) is 2.62. The lowest BCUT2D eigenvalue weighted by atomic mass is 10.1. The topological polar surface area (TPSA) is 38.9 Å². The van der Waals surface area contributed by atoms with Gasteiger partial charge in [-0.15, -0.1) is 11.3 Å². The molecule has 0 saturated heterocycles. The van der Waals surface area contributed by atoms with Gasteiger partial charge in [0, 0.05) is 17.1 Å². The van der Waals surface area contributed by atoms with Crippen LogP contribution in [0.4, 0.5) is 0 Å². The van der Waals surface area contributed by atoms with E-state index >= 15 is 0 Å².